The van der Waals surface area contributed by atoms with Gasteiger partial charge < -0.3 is 0 Å². The van der Waals surface area contributed by atoms with E-state index in [1.807, 2.05) is 54.6 Å². The third-order valence-corrected chi connectivity index (χ3v) is 2.68. The van der Waals surface area contributed by atoms with Gasteiger partial charge in [-0.15, -0.1) is 0 Å². The van der Waals surface area contributed by atoms with Crippen LogP contribution in [0.2, 0.25) is 0 Å². The molecule has 1 aromatic carbocycles. The number of hydrogen-bond acceptors (Lipinski definition) is 4. The van der Waals surface area contributed by atoms with E-state index in [1.54, 1.807) is 12.4 Å². The molecule has 0 aliphatic rings. The van der Waals surface area contributed by atoms with Gasteiger partial charge in [0, 0.05) is 11.8 Å². The van der Waals surface area contributed by atoms with E-state index >= 15 is 0 Å². The van der Waals surface area contributed by atoms with Crippen LogP contribution in [0.3, 0.4) is 0 Å². The van der Waals surface area contributed by atoms with E-state index < -0.39 is 0 Å². The van der Waals surface area contributed by atoms with Crippen LogP contribution in [-0.2, 0) is 0 Å². The molecule has 2 aromatic heterocycles. The zero-order valence-corrected chi connectivity index (χ0v) is 10.1. The van der Waals surface area contributed by atoms with Crippen LogP contribution < -0.4 is 0 Å². The smallest absolute Gasteiger partial charge is 0.135 e. The Balaban J connectivity index is 1.86. The second-order valence-electron chi connectivity index (χ2n) is 4.01. The Morgan fingerprint density at radius 2 is 2.00 bits per heavy atom. The van der Waals surface area contributed by atoms with E-state index in [-0.39, 0.29) is 0 Å². The summed E-state index contributed by atoms with van der Waals surface area (Å²) in [5.74, 6) is 0. The molecule has 0 spiro atoms. The van der Waals surface area contributed by atoms with Crippen LogP contribution in [0.1, 0.15) is 11.3 Å². The summed E-state index contributed by atoms with van der Waals surface area (Å²) in [6.07, 6.45) is 7.36. The van der Waals surface area contributed by atoms with Crippen LogP contribution in [0, 0.1) is 0 Å². The monoisotopic (exact) mass is 249 g/mol. The summed E-state index contributed by atoms with van der Waals surface area (Å²) in [4.78, 5) is 4.24. The number of benzene rings is 1. The molecule has 0 aliphatic heterocycles. The molecule has 3 rings (SSSR count). The fourth-order valence-corrected chi connectivity index (χ4v) is 1.75. The maximum Gasteiger partial charge on any atom is 0.135 e. The van der Waals surface area contributed by atoms with Crippen molar-refractivity contribution in [1.29, 1.82) is 0 Å². The van der Waals surface area contributed by atoms with E-state index in [1.165, 1.54) is 0 Å². The van der Waals surface area contributed by atoms with Crippen LogP contribution in [0.25, 0.3) is 23.4 Å². The summed E-state index contributed by atoms with van der Waals surface area (Å²) < 4.78 is 4.61. The van der Waals surface area contributed by atoms with Gasteiger partial charge in [-0.25, -0.2) is 4.63 Å². The summed E-state index contributed by atoms with van der Waals surface area (Å²) in [6.45, 7) is 0. The van der Waals surface area contributed by atoms with Gasteiger partial charge in [0.25, 0.3) is 0 Å². The van der Waals surface area contributed by atoms with Crippen molar-refractivity contribution in [3.63, 3.8) is 0 Å². The van der Waals surface area contributed by atoms with E-state index in [0.717, 1.165) is 22.5 Å². The van der Waals surface area contributed by atoms with Crippen molar-refractivity contribution in [2.75, 3.05) is 0 Å². The molecule has 92 valence electrons. The molecule has 3 aromatic rings. The average molecular weight is 249 g/mol. The van der Waals surface area contributed by atoms with Gasteiger partial charge in [0.2, 0.25) is 0 Å². The Bertz CT molecular complexity index is 676. The van der Waals surface area contributed by atoms with Crippen molar-refractivity contribution in [3.05, 3.63) is 66.1 Å². The number of pyridine rings is 1. The number of hydrogen-bond donors (Lipinski definition) is 0. The highest BCUT2D eigenvalue weighted by Crippen LogP contribution is 2.18. The summed E-state index contributed by atoms with van der Waals surface area (Å²) >= 11 is 0. The van der Waals surface area contributed by atoms with E-state index in [9.17, 15) is 0 Å². The maximum absolute atomic E-state index is 4.61. The lowest BCUT2D eigenvalue weighted by Crippen LogP contribution is -1.80. The second kappa shape index (κ2) is 5.27. The van der Waals surface area contributed by atoms with E-state index in [2.05, 4.69) is 19.9 Å². The van der Waals surface area contributed by atoms with Crippen molar-refractivity contribution in [2.24, 2.45) is 0 Å². The molecule has 19 heavy (non-hydrogen) atoms. The summed E-state index contributed by atoms with van der Waals surface area (Å²) in [5.41, 5.74) is 3.71. The van der Waals surface area contributed by atoms with Crippen molar-refractivity contribution >= 4 is 12.2 Å². The van der Waals surface area contributed by atoms with Crippen molar-refractivity contribution in [3.8, 4) is 11.3 Å². The largest absolute Gasteiger partial charge is 0.257 e. The minimum atomic E-state index is 0.730. The summed E-state index contributed by atoms with van der Waals surface area (Å²) in [5, 5.41) is 7.43. The Morgan fingerprint density at radius 1 is 1.00 bits per heavy atom. The Kier molecular flexibility index (Phi) is 3.14. The fourth-order valence-electron chi connectivity index (χ4n) is 1.75. The standard InChI is InChI=1S/C15H11N3O/c1-2-9-16-14(6-1)8-7-12-4-3-5-13(10-12)15-11-17-19-18-15/h1-11H. The molecule has 0 saturated heterocycles. The molecule has 0 amide bonds. The van der Waals surface area contributed by atoms with Gasteiger partial charge >= 0.3 is 0 Å². The molecule has 0 N–H and O–H groups in total. The number of rotatable bonds is 3. The first-order chi connectivity index (χ1) is 9.42. The Hall–Kier alpha value is -2.75. The van der Waals surface area contributed by atoms with Gasteiger partial charge in [-0.05, 0) is 35.0 Å². The molecule has 2 heterocycles. The quantitative estimate of drug-likeness (QED) is 0.714. The molecule has 0 bridgehead atoms. The number of aromatic nitrogens is 3. The van der Waals surface area contributed by atoms with Gasteiger partial charge in [0.05, 0.1) is 11.9 Å². The predicted octanol–water partition coefficient (Wildman–Crippen LogP) is 3.30. The van der Waals surface area contributed by atoms with Gasteiger partial charge in [-0.1, -0.05) is 35.5 Å². The third kappa shape index (κ3) is 2.74. The highest BCUT2D eigenvalue weighted by atomic mass is 16.6. The first kappa shape index (κ1) is 11.3. The minimum Gasteiger partial charge on any atom is -0.257 e. The first-order valence-corrected chi connectivity index (χ1v) is 5.89. The molecular formula is C15H11N3O. The maximum atomic E-state index is 4.61. The van der Waals surface area contributed by atoms with Gasteiger partial charge in [0.15, 0.2) is 0 Å². The second-order valence-corrected chi connectivity index (χ2v) is 4.01. The minimum absolute atomic E-state index is 0.730. The van der Waals surface area contributed by atoms with E-state index in [0.29, 0.717) is 0 Å². The number of nitrogens with zero attached hydrogens (tertiary/aromatic N) is 3. The molecule has 4 heteroatoms. The lowest BCUT2D eigenvalue weighted by atomic mass is 10.1. The molecular weight excluding hydrogens is 238 g/mol. The summed E-state index contributed by atoms with van der Waals surface area (Å²) in [7, 11) is 0. The fraction of sp³-hybridized carbons (Fsp3) is 0. The zero-order chi connectivity index (χ0) is 12.9. The normalized spacial score (nSPS) is 10.9. The topological polar surface area (TPSA) is 51.8 Å². The molecule has 0 atom stereocenters. The summed E-state index contributed by atoms with van der Waals surface area (Å²) in [6, 6.07) is 13.8. The average Bonchev–Trinajstić information content (AvgIpc) is 3.01. The molecule has 0 aliphatic carbocycles. The molecule has 4 nitrogen and oxygen atoms in total. The lowest BCUT2D eigenvalue weighted by Gasteiger charge is -1.97. The van der Waals surface area contributed by atoms with Crippen molar-refractivity contribution in [2.45, 2.75) is 0 Å². The lowest BCUT2D eigenvalue weighted by molar-refractivity contribution is 0.308. The van der Waals surface area contributed by atoms with Crippen LogP contribution in [0.4, 0.5) is 0 Å². The van der Waals surface area contributed by atoms with Crippen LogP contribution >= 0.6 is 0 Å². The first-order valence-electron chi connectivity index (χ1n) is 5.89. The third-order valence-electron chi connectivity index (χ3n) is 2.68. The van der Waals surface area contributed by atoms with E-state index in [4.69, 9.17) is 0 Å². The van der Waals surface area contributed by atoms with Gasteiger partial charge in [0.1, 0.15) is 5.69 Å². The molecule has 0 saturated carbocycles. The molecule has 0 fully saturated rings. The SMILES string of the molecule is C(=Cc1ccccn1)c1cccc(-c2cnon2)c1. The highest BCUT2D eigenvalue weighted by molar-refractivity contribution is 5.71. The zero-order valence-electron chi connectivity index (χ0n) is 10.1. The van der Waals surface area contributed by atoms with Gasteiger partial charge in [-0.2, -0.15) is 0 Å². The molecule has 0 radical (unpaired) electrons. The predicted molar refractivity (Wildman–Crippen MR) is 72.9 cm³/mol. The van der Waals surface area contributed by atoms with Gasteiger partial charge in [-0.3, -0.25) is 4.98 Å². The Morgan fingerprint density at radius 3 is 2.79 bits per heavy atom. The molecule has 0 unspecified atom stereocenters. The highest BCUT2D eigenvalue weighted by Gasteiger charge is 2.01. The van der Waals surface area contributed by atoms with Crippen LogP contribution in [-0.4, -0.2) is 15.3 Å². The van der Waals surface area contributed by atoms with Crippen LogP contribution in [0.5, 0.6) is 0 Å². The van der Waals surface area contributed by atoms with Crippen molar-refractivity contribution < 1.29 is 4.63 Å². The Labute approximate surface area is 110 Å². The van der Waals surface area contributed by atoms with Crippen molar-refractivity contribution in [1.82, 2.24) is 15.3 Å². The van der Waals surface area contributed by atoms with Crippen LogP contribution in [0.15, 0.2) is 59.5 Å².